The van der Waals surface area contributed by atoms with E-state index in [-0.39, 0.29) is 31.1 Å². The average Bonchev–Trinajstić information content (AvgIpc) is 3.13. The number of aliphatic hydroxyl groups excluding tert-OH is 1. The number of hydrogen-bond donors (Lipinski definition) is 2. The second-order valence-corrected chi connectivity index (χ2v) is 7.55. The van der Waals surface area contributed by atoms with Gasteiger partial charge < -0.3 is 19.7 Å². The zero-order chi connectivity index (χ0) is 18.4. The summed E-state index contributed by atoms with van der Waals surface area (Å²) in [6, 6.07) is -0.0884. The van der Waals surface area contributed by atoms with Gasteiger partial charge in [-0.1, -0.05) is 26.8 Å². The number of cyclic esters (lactones) is 1. The zero-order valence-corrected chi connectivity index (χ0v) is 15.0. The van der Waals surface area contributed by atoms with Gasteiger partial charge >= 0.3 is 11.9 Å². The van der Waals surface area contributed by atoms with Gasteiger partial charge in [-0.05, 0) is 24.3 Å². The molecule has 0 aromatic rings. The van der Waals surface area contributed by atoms with Crippen LogP contribution in [0.5, 0.6) is 0 Å². The van der Waals surface area contributed by atoms with E-state index in [2.05, 4.69) is 4.90 Å². The summed E-state index contributed by atoms with van der Waals surface area (Å²) in [7, 11) is 0. The van der Waals surface area contributed by atoms with Crippen LogP contribution < -0.4 is 0 Å². The van der Waals surface area contributed by atoms with Gasteiger partial charge in [0.2, 0.25) is 0 Å². The molecule has 0 saturated carbocycles. The minimum Gasteiger partial charge on any atom is -0.460 e. The van der Waals surface area contributed by atoms with Gasteiger partial charge in [0, 0.05) is 13.1 Å². The molecule has 0 unspecified atom stereocenters. The third kappa shape index (κ3) is 2.98. The molecule has 5 atom stereocenters. The highest BCUT2D eigenvalue weighted by Gasteiger charge is 2.52. The number of hydrogen-bond acceptors (Lipinski definition) is 7. The molecule has 0 spiro atoms. The minimum atomic E-state index is -2.13. The maximum absolute atomic E-state index is 12.8. The molecule has 0 aromatic heterocycles. The Balaban J connectivity index is 1.98. The molecule has 2 fully saturated rings. The summed E-state index contributed by atoms with van der Waals surface area (Å²) in [5.74, 6) is -2.76. The summed E-state index contributed by atoms with van der Waals surface area (Å²) in [4.78, 5) is 27.5. The standard InChI is InChI=1S/C18H27NO6/c1-4-18(23)15(20)13(10(2)3)16(21)25-12-6-8-19-7-5-11(14(12)19)9-24-17(18)22/h5,10,12-15,20,23H,4,6-9H2,1-3H3/t12-,13-,14-,15-,18-/m1/s1. The number of carbonyl (C=O) groups is 2. The van der Waals surface area contributed by atoms with Crippen LogP contribution in [0.25, 0.3) is 0 Å². The van der Waals surface area contributed by atoms with E-state index in [1.807, 2.05) is 6.08 Å². The largest absolute Gasteiger partial charge is 0.460 e. The predicted molar refractivity (Wildman–Crippen MR) is 88.5 cm³/mol. The molecular weight excluding hydrogens is 326 g/mol. The van der Waals surface area contributed by atoms with Crippen molar-refractivity contribution in [3.8, 4) is 0 Å². The third-order valence-corrected chi connectivity index (χ3v) is 5.76. The maximum atomic E-state index is 12.8. The molecule has 0 aromatic carbocycles. The molecule has 7 heteroatoms. The fourth-order valence-corrected chi connectivity index (χ4v) is 4.16. The predicted octanol–water partition coefficient (Wildman–Crippen LogP) is 0.243. The lowest BCUT2D eigenvalue weighted by Gasteiger charge is -2.35. The maximum Gasteiger partial charge on any atom is 0.341 e. The van der Waals surface area contributed by atoms with Crippen molar-refractivity contribution in [1.82, 2.24) is 4.90 Å². The summed E-state index contributed by atoms with van der Waals surface area (Å²) >= 11 is 0. The summed E-state index contributed by atoms with van der Waals surface area (Å²) in [6.45, 7) is 6.69. The van der Waals surface area contributed by atoms with Crippen LogP contribution >= 0.6 is 0 Å². The molecule has 140 valence electrons. The average molecular weight is 353 g/mol. The first kappa shape index (κ1) is 18.4. The number of rotatable bonds is 2. The normalized spacial score (nSPS) is 39.5. The highest BCUT2D eigenvalue weighted by atomic mass is 16.6. The van der Waals surface area contributed by atoms with Gasteiger partial charge in [0.25, 0.3) is 0 Å². The second-order valence-electron chi connectivity index (χ2n) is 7.55. The van der Waals surface area contributed by atoms with Crippen molar-refractivity contribution in [1.29, 1.82) is 0 Å². The Morgan fingerprint density at radius 1 is 1.40 bits per heavy atom. The van der Waals surface area contributed by atoms with Crippen LogP contribution in [0.4, 0.5) is 0 Å². The molecule has 3 rings (SSSR count). The van der Waals surface area contributed by atoms with Crippen LogP contribution in [0.15, 0.2) is 11.6 Å². The van der Waals surface area contributed by atoms with Gasteiger partial charge in [-0.15, -0.1) is 0 Å². The number of nitrogens with zero attached hydrogens (tertiary/aromatic N) is 1. The first-order chi connectivity index (χ1) is 11.8. The zero-order valence-electron chi connectivity index (χ0n) is 15.0. The third-order valence-electron chi connectivity index (χ3n) is 5.76. The molecule has 25 heavy (non-hydrogen) atoms. The lowest BCUT2D eigenvalue weighted by Crippen LogP contribution is -2.56. The van der Waals surface area contributed by atoms with Crippen LogP contribution in [0.3, 0.4) is 0 Å². The van der Waals surface area contributed by atoms with Crippen molar-refractivity contribution < 1.29 is 29.3 Å². The number of ether oxygens (including phenoxy) is 2. The Morgan fingerprint density at radius 2 is 2.12 bits per heavy atom. The van der Waals surface area contributed by atoms with E-state index in [1.165, 1.54) is 0 Å². The first-order valence-corrected chi connectivity index (χ1v) is 9.00. The van der Waals surface area contributed by atoms with E-state index < -0.39 is 29.6 Å². The second kappa shape index (κ2) is 6.70. The number of carbonyl (C=O) groups excluding carboxylic acids is 2. The summed E-state index contributed by atoms with van der Waals surface area (Å²) in [5, 5.41) is 21.5. The van der Waals surface area contributed by atoms with Crippen molar-refractivity contribution in [2.24, 2.45) is 11.8 Å². The van der Waals surface area contributed by atoms with Crippen molar-refractivity contribution in [2.45, 2.75) is 57.5 Å². The van der Waals surface area contributed by atoms with Crippen molar-refractivity contribution in [2.75, 3.05) is 19.7 Å². The smallest absolute Gasteiger partial charge is 0.341 e. The van der Waals surface area contributed by atoms with Crippen LogP contribution in [-0.4, -0.2) is 70.6 Å². The van der Waals surface area contributed by atoms with Crippen LogP contribution in [0, 0.1) is 11.8 Å². The molecule has 7 nitrogen and oxygen atoms in total. The molecule has 3 aliphatic heterocycles. The fraction of sp³-hybridized carbons (Fsp3) is 0.778. The Hall–Kier alpha value is -1.44. The Kier molecular flexibility index (Phi) is 4.92. The fourth-order valence-electron chi connectivity index (χ4n) is 4.16. The quantitative estimate of drug-likeness (QED) is 0.542. The Morgan fingerprint density at radius 3 is 2.76 bits per heavy atom. The van der Waals surface area contributed by atoms with Crippen molar-refractivity contribution in [3.05, 3.63) is 11.6 Å². The molecule has 0 bridgehead atoms. The van der Waals surface area contributed by atoms with Gasteiger partial charge in [-0.25, -0.2) is 4.79 Å². The van der Waals surface area contributed by atoms with E-state index in [1.54, 1.807) is 20.8 Å². The minimum absolute atomic E-state index is 0.0371. The Labute approximate surface area is 147 Å². The molecule has 3 heterocycles. The van der Waals surface area contributed by atoms with Gasteiger partial charge in [-0.2, -0.15) is 0 Å². The van der Waals surface area contributed by atoms with Crippen LogP contribution in [-0.2, 0) is 19.1 Å². The Bertz CT molecular complexity index is 588. The summed E-state index contributed by atoms with van der Waals surface area (Å²) in [6.07, 6.45) is 0.738. The molecule has 0 aliphatic carbocycles. The SMILES string of the molecule is CC[C@]1(O)C(=O)OCC2=CCN3CC[C@@H](OC(=O)[C@H](C(C)C)[C@H]1O)[C@@H]23. The molecular formula is C18H27NO6. The monoisotopic (exact) mass is 353 g/mol. The molecule has 2 saturated heterocycles. The van der Waals surface area contributed by atoms with Crippen molar-refractivity contribution in [3.63, 3.8) is 0 Å². The topological polar surface area (TPSA) is 96.3 Å². The lowest BCUT2D eigenvalue weighted by molar-refractivity contribution is -0.190. The molecule has 0 radical (unpaired) electrons. The highest BCUT2D eigenvalue weighted by Crippen LogP contribution is 2.35. The molecule has 3 aliphatic rings. The first-order valence-electron chi connectivity index (χ1n) is 9.00. The van der Waals surface area contributed by atoms with Gasteiger partial charge in [0.15, 0.2) is 5.60 Å². The molecule has 0 amide bonds. The van der Waals surface area contributed by atoms with E-state index in [4.69, 9.17) is 9.47 Å². The number of aliphatic hydroxyl groups is 2. The van der Waals surface area contributed by atoms with Gasteiger partial charge in [0.1, 0.15) is 18.8 Å². The van der Waals surface area contributed by atoms with E-state index in [0.717, 1.165) is 18.7 Å². The van der Waals surface area contributed by atoms with Gasteiger partial charge in [0.05, 0.1) is 12.0 Å². The van der Waals surface area contributed by atoms with E-state index in [9.17, 15) is 19.8 Å². The van der Waals surface area contributed by atoms with Crippen LogP contribution in [0.2, 0.25) is 0 Å². The van der Waals surface area contributed by atoms with Crippen molar-refractivity contribution >= 4 is 11.9 Å². The van der Waals surface area contributed by atoms with E-state index in [0.29, 0.717) is 6.42 Å². The van der Waals surface area contributed by atoms with E-state index >= 15 is 0 Å². The number of esters is 2. The van der Waals surface area contributed by atoms with Crippen LogP contribution in [0.1, 0.15) is 33.6 Å². The highest BCUT2D eigenvalue weighted by molar-refractivity contribution is 5.83. The summed E-state index contributed by atoms with van der Waals surface area (Å²) in [5.41, 5.74) is -1.24. The lowest BCUT2D eigenvalue weighted by atomic mass is 9.79. The summed E-state index contributed by atoms with van der Waals surface area (Å²) < 4.78 is 11.1. The van der Waals surface area contributed by atoms with Gasteiger partial charge in [-0.3, -0.25) is 9.69 Å². The molecule has 2 N–H and O–H groups in total.